The van der Waals surface area contributed by atoms with Crippen LogP contribution in [0.4, 0.5) is 5.13 Å². The number of amides is 1. The highest BCUT2D eigenvalue weighted by molar-refractivity contribution is 9.10. The van der Waals surface area contributed by atoms with Gasteiger partial charge in [-0.25, -0.2) is 4.98 Å². The maximum Gasteiger partial charge on any atom is 0.301 e. The lowest BCUT2D eigenvalue weighted by Gasteiger charge is -2.23. The zero-order valence-corrected chi connectivity index (χ0v) is 17.3. The number of anilines is 1. The SMILES string of the molecule is O=C1C(=O)N(c2nccs2)C(c2ccc(Br)cc2)/C1=C(/O)c1ccc(Cl)cc1. The molecule has 1 aliphatic heterocycles. The molecule has 2 heterocycles. The van der Waals surface area contributed by atoms with Crippen molar-refractivity contribution in [2.24, 2.45) is 0 Å². The van der Waals surface area contributed by atoms with Crippen LogP contribution in [0.5, 0.6) is 0 Å². The first kappa shape index (κ1) is 18.9. The number of hydrogen-bond donors (Lipinski definition) is 1. The van der Waals surface area contributed by atoms with Crippen molar-refractivity contribution in [2.45, 2.75) is 6.04 Å². The van der Waals surface area contributed by atoms with E-state index in [0.717, 1.165) is 4.47 Å². The van der Waals surface area contributed by atoms with Gasteiger partial charge in [0, 0.05) is 26.6 Å². The zero-order valence-electron chi connectivity index (χ0n) is 14.2. The van der Waals surface area contributed by atoms with Gasteiger partial charge in [-0.1, -0.05) is 39.7 Å². The lowest BCUT2D eigenvalue weighted by atomic mass is 9.95. The number of rotatable bonds is 3. The third-order valence-electron chi connectivity index (χ3n) is 4.37. The summed E-state index contributed by atoms with van der Waals surface area (Å²) in [7, 11) is 0. The number of benzene rings is 2. The number of carbonyl (C=O) groups is 2. The highest BCUT2D eigenvalue weighted by Gasteiger charge is 2.47. The van der Waals surface area contributed by atoms with Gasteiger partial charge in [0.1, 0.15) is 5.76 Å². The first-order chi connectivity index (χ1) is 13.5. The number of aromatic nitrogens is 1. The molecule has 0 aliphatic carbocycles. The van der Waals surface area contributed by atoms with Crippen molar-refractivity contribution in [2.75, 3.05) is 4.90 Å². The lowest BCUT2D eigenvalue weighted by Crippen LogP contribution is -2.29. The number of nitrogens with zero attached hydrogens (tertiary/aromatic N) is 2. The molecule has 0 saturated carbocycles. The van der Waals surface area contributed by atoms with Crippen LogP contribution in [0.25, 0.3) is 5.76 Å². The first-order valence-electron chi connectivity index (χ1n) is 8.19. The van der Waals surface area contributed by atoms with Crippen LogP contribution in [0.2, 0.25) is 5.02 Å². The molecule has 8 heteroatoms. The molecule has 3 aromatic rings. The van der Waals surface area contributed by atoms with Gasteiger partial charge in [0.15, 0.2) is 5.13 Å². The van der Waals surface area contributed by atoms with Crippen LogP contribution < -0.4 is 4.90 Å². The van der Waals surface area contributed by atoms with Gasteiger partial charge in [-0.2, -0.15) is 0 Å². The van der Waals surface area contributed by atoms with E-state index in [1.54, 1.807) is 48.0 Å². The number of hydrogen-bond acceptors (Lipinski definition) is 5. The van der Waals surface area contributed by atoms with E-state index in [9.17, 15) is 14.7 Å². The minimum Gasteiger partial charge on any atom is -0.507 e. The average molecular weight is 476 g/mol. The Hall–Kier alpha value is -2.48. The Morgan fingerprint density at radius 3 is 2.39 bits per heavy atom. The number of halogens is 2. The fraction of sp³-hybridized carbons (Fsp3) is 0.0500. The second kappa shape index (κ2) is 7.50. The predicted molar refractivity (Wildman–Crippen MR) is 112 cm³/mol. The van der Waals surface area contributed by atoms with E-state index >= 15 is 0 Å². The highest BCUT2D eigenvalue weighted by atomic mass is 79.9. The van der Waals surface area contributed by atoms with Gasteiger partial charge in [-0.05, 0) is 42.0 Å². The molecule has 1 atom stereocenters. The first-order valence-corrected chi connectivity index (χ1v) is 10.2. The standard InChI is InChI=1S/C20H12BrClN2O3S/c21-13-5-1-11(2-6-13)16-15(17(25)12-3-7-14(22)8-4-12)18(26)19(27)24(16)20-23-9-10-28-20/h1-10,16,25H/b17-15-. The molecule has 2 aromatic carbocycles. The van der Waals surface area contributed by atoms with Crippen LogP contribution in [0, 0.1) is 0 Å². The molecule has 1 saturated heterocycles. The van der Waals surface area contributed by atoms with E-state index in [0.29, 0.717) is 21.3 Å². The van der Waals surface area contributed by atoms with Crippen molar-refractivity contribution >= 4 is 61.4 Å². The van der Waals surface area contributed by atoms with Gasteiger partial charge in [0.2, 0.25) is 0 Å². The molecular formula is C20H12BrClN2O3S. The molecule has 1 fully saturated rings. The Morgan fingerprint density at radius 2 is 1.79 bits per heavy atom. The summed E-state index contributed by atoms with van der Waals surface area (Å²) in [4.78, 5) is 31.2. The summed E-state index contributed by atoms with van der Waals surface area (Å²) in [5.41, 5.74) is 1.11. The monoisotopic (exact) mass is 474 g/mol. The fourth-order valence-corrected chi connectivity index (χ4v) is 4.15. The normalized spacial score (nSPS) is 18.6. The molecular weight excluding hydrogens is 464 g/mol. The van der Waals surface area contributed by atoms with E-state index in [1.165, 1.54) is 16.2 Å². The Bertz CT molecular complexity index is 1080. The summed E-state index contributed by atoms with van der Waals surface area (Å²) >= 11 is 10.6. The minimum atomic E-state index is -0.782. The van der Waals surface area contributed by atoms with Crippen LogP contribution in [-0.2, 0) is 9.59 Å². The lowest BCUT2D eigenvalue weighted by molar-refractivity contribution is -0.132. The summed E-state index contributed by atoms with van der Waals surface area (Å²) in [6.07, 6.45) is 1.57. The molecule has 5 nitrogen and oxygen atoms in total. The van der Waals surface area contributed by atoms with Crippen LogP contribution in [0.1, 0.15) is 17.2 Å². The molecule has 0 bridgehead atoms. The molecule has 0 radical (unpaired) electrons. The second-order valence-corrected chi connectivity index (χ2v) is 8.27. The summed E-state index contributed by atoms with van der Waals surface area (Å²) in [5.74, 6) is -1.73. The smallest absolute Gasteiger partial charge is 0.301 e. The quantitative estimate of drug-likeness (QED) is 0.322. The highest BCUT2D eigenvalue weighted by Crippen LogP contribution is 2.42. The number of Topliss-reactive ketones (excluding diaryl/α,β-unsaturated/α-hetero) is 1. The molecule has 1 aliphatic rings. The average Bonchev–Trinajstić information content (AvgIpc) is 3.30. The van der Waals surface area contributed by atoms with E-state index in [4.69, 9.17) is 11.6 Å². The number of aliphatic hydroxyl groups excluding tert-OH is 1. The van der Waals surface area contributed by atoms with E-state index < -0.39 is 17.7 Å². The Kier molecular flexibility index (Phi) is 5.05. The van der Waals surface area contributed by atoms with Gasteiger partial charge in [0.25, 0.3) is 5.78 Å². The molecule has 0 spiro atoms. The van der Waals surface area contributed by atoms with Crippen molar-refractivity contribution < 1.29 is 14.7 Å². The van der Waals surface area contributed by atoms with Gasteiger partial charge in [-0.15, -0.1) is 11.3 Å². The van der Waals surface area contributed by atoms with Gasteiger partial charge < -0.3 is 5.11 Å². The van der Waals surface area contributed by atoms with Crippen molar-refractivity contribution in [3.63, 3.8) is 0 Å². The molecule has 1 aromatic heterocycles. The van der Waals surface area contributed by atoms with Gasteiger partial charge in [-0.3, -0.25) is 14.5 Å². The molecule has 1 unspecified atom stereocenters. The number of aliphatic hydroxyl groups is 1. The summed E-state index contributed by atoms with van der Waals surface area (Å²) in [5, 5.41) is 13.5. The predicted octanol–water partition coefficient (Wildman–Crippen LogP) is 5.19. The third kappa shape index (κ3) is 3.26. The van der Waals surface area contributed by atoms with Gasteiger partial charge >= 0.3 is 5.91 Å². The largest absolute Gasteiger partial charge is 0.507 e. The maximum absolute atomic E-state index is 12.9. The van der Waals surface area contributed by atoms with Crippen LogP contribution >= 0.6 is 38.9 Å². The molecule has 1 amide bonds. The van der Waals surface area contributed by atoms with Crippen LogP contribution in [-0.4, -0.2) is 21.8 Å². The topological polar surface area (TPSA) is 70.5 Å². The van der Waals surface area contributed by atoms with Crippen molar-refractivity contribution in [1.82, 2.24) is 4.98 Å². The van der Waals surface area contributed by atoms with E-state index in [-0.39, 0.29) is 11.3 Å². The van der Waals surface area contributed by atoms with E-state index in [1.807, 2.05) is 12.1 Å². The Balaban J connectivity index is 1.93. The summed E-state index contributed by atoms with van der Waals surface area (Å²) in [6, 6.07) is 12.9. The zero-order chi connectivity index (χ0) is 19.8. The fourth-order valence-electron chi connectivity index (χ4n) is 3.09. The van der Waals surface area contributed by atoms with Crippen molar-refractivity contribution in [3.05, 3.63) is 86.3 Å². The number of ketones is 1. The van der Waals surface area contributed by atoms with Crippen LogP contribution in [0.15, 0.2) is 70.2 Å². The minimum absolute atomic E-state index is 0.0184. The van der Waals surface area contributed by atoms with Crippen molar-refractivity contribution in [3.8, 4) is 0 Å². The molecule has 140 valence electrons. The summed E-state index contributed by atoms with van der Waals surface area (Å²) in [6.45, 7) is 0. The number of carbonyl (C=O) groups excluding carboxylic acids is 2. The van der Waals surface area contributed by atoms with Crippen molar-refractivity contribution in [1.29, 1.82) is 0 Å². The number of thiazole rings is 1. The third-order valence-corrected chi connectivity index (χ3v) is 5.92. The molecule has 28 heavy (non-hydrogen) atoms. The molecule has 4 rings (SSSR count). The Labute approximate surface area is 178 Å². The maximum atomic E-state index is 12.9. The second-order valence-electron chi connectivity index (χ2n) is 6.04. The van der Waals surface area contributed by atoms with Gasteiger partial charge in [0.05, 0.1) is 11.6 Å². The summed E-state index contributed by atoms with van der Waals surface area (Å²) < 4.78 is 0.861. The van der Waals surface area contributed by atoms with E-state index in [2.05, 4.69) is 20.9 Å². The van der Waals surface area contributed by atoms with Crippen LogP contribution in [0.3, 0.4) is 0 Å². The molecule has 1 N–H and O–H groups in total. The Morgan fingerprint density at radius 1 is 1.11 bits per heavy atom.